The van der Waals surface area contributed by atoms with Gasteiger partial charge in [0.25, 0.3) is 0 Å². The summed E-state index contributed by atoms with van der Waals surface area (Å²) in [6.07, 6.45) is 1.89. The highest BCUT2D eigenvalue weighted by molar-refractivity contribution is 9.10. The van der Waals surface area contributed by atoms with E-state index in [0.717, 1.165) is 10.3 Å². The zero-order chi connectivity index (χ0) is 10.1. The standard InChI is InChI=1S/C11H11BrN2/c1-7-3-9-6-14-11(13-2)5-8(9)4-10(7)12/h3-6H,1-2H3,(H,13,14). The van der Waals surface area contributed by atoms with Gasteiger partial charge in [0.05, 0.1) is 0 Å². The molecule has 1 heterocycles. The van der Waals surface area contributed by atoms with E-state index in [9.17, 15) is 0 Å². The first kappa shape index (κ1) is 9.46. The zero-order valence-electron chi connectivity index (χ0n) is 8.13. The van der Waals surface area contributed by atoms with E-state index in [0.29, 0.717) is 0 Å². The molecule has 0 bridgehead atoms. The van der Waals surface area contributed by atoms with Crippen molar-refractivity contribution in [2.24, 2.45) is 0 Å². The van der Waals surface area contributed by atoms with Gasteiger partial charge in [0.2, 0.25) is 0 Å². The predicted octanol–water partition coefficient (Wildman–Crippen LogP) is 3.35. The van der Waals surface area contributed by atoms with Gasteiger partial charge in [-0.15, -0.1) is 0 Å². The summed E-state index contributed by atoms with van der Waals surface area (Å²) in [6, 6.07) is 6.29. The average Bonchev–Trinajstić information content (AvgIpc) is 2.19. The molecule has 2 nitrogen and oxygen atoms in total. The number of aromatic nitrogens is 1. The molecule has 2 aromatic rings. The maximum Gasteiger partial charge on any atom is 0.126 e. The molecule has 0 spiro atoms. The third-order valence-corrected chi connectivity index (χ3v) is 3.11. The largest absolute Gasteiger partial charge is 0.373 e. The number of anilines is 1. The van der Waals surface area contributed by atoms with E-state index in [1.165, 1.54) is 16.3 Å². The maximum absolute atomic E-state index is 4.27. The zero-order valence-corrected chi connectivity index (χ0v) is 9.72. The van der Waals surface area contributed by atoms with Crippen LogP contribution in [0.3, 0.4) is 0 Å². The molecule has 2 rings (SSSR count). The number of halogens is 1. The SMILES string of the molecule is CNc1cc2cc(Br)c(C)cc2cn1. The Kier molecular flexibility index (Phi) is 2.42. The lowest BCUT2D eigenvalue weighted by Gasteiger charge is -2.04. The molecular formula is C11H11BrN2. The number of rotatable bonds is 1. The molecule has 0 radical (unpaired) electrons. The van der Waals surface area contributed by atoms with Crippen LogP contribution in [0.15, 0.2) is 28.9 Å². The van der Waals surface area contributed by atoms with Crippen molar-refractivity contribution < 1.29 is 0 Å². The fourth-order valence-corrected chi connectivity index (χ4v) is 1.78. The minimum atomic E-state index is 0.897. The number of nitrogens with zero attached hydrogens (tertiary/aromatic N) is 1. The Morgan fingerprint density at radius 2 is 2.00 bits per heavy atom. The monoisotopic (exact) mass is 250 g/mol. The summed E-state index contributed by atoms with van der Waals surface area (Å²) < 4.78 is 1.14. The summed E-state index contributed by atoms with van der Waals surface area (Å²) in [6.45, 7) is 2.08. The van der Waals surface area contributed by atoms with Crippen molar-refractivity contribution in [1.82, 2.24) is 4.98 Å². The molecule has 1 aromatic heterocycles. The molecule has 1 aromatic carbocycles. The van der Waals surface area contributed by atoms with E-state index >= 15 is 0 Å². The van der Waals surface area contributed by atoms with Gasteiger partial charge in [-0.25, -0.2) is 4.98 Å². The van der Waals surface area contributed by atoms with Crippen LogP contribution in [0.25, 0.3) is 10.8 Å². The Hall–Kier alpha value is -1.09. The second-order valence-electron chi connectivity index (χ2n) is 3.27. The Bertz CT molecular complexity index is 480. The highest BCUT2D eigenvalue weighted by Gasteiger charge is 2.00. The second-order valence-corrected chi connectivity index (χ2v) is 4.12. The molecule has 1 N–H and O–H groups in total. The highest BCUT2D eigenvalue weighted by atomic mass is 79.9. The maximum atomic E-state index is 4.27. The molecule has 0 atom stereocenters. The first-order valence-electron chi connectivity index (χ1n) is 4.44. The lowest BCUT2D eigenvalue weighted by Crippen LogP contribution is -1.91. The van der Waals surface area contributed by atoms with Crippen molar-refractivity contribution >= 4 is 32.5 Å². The first-order valence-corrected chi connectivity index (χ1v) is 5.23. The number of benzene rings is 1. The van der Waals surface area contributed by atoms with Gasteiger partial charge < -0.3 is 5.32 Å². The van der Waals surface area contributed by atoms with Gasteiger partial charge >= 0.3 is 0 Å². The van der Waals surface area contributed by atoms with Crippen LogP contribution in [0.5, 0.6) is 0 Å². The number of hydrogen-bond acceptors (Lipinski definition) is 2. The van der Waals surface area contributed by atoms with E-state index < -0.39 is 0 Å². The third kappa shape index (κ3) is 1.60. The molecule has 0 fully saturated rings. The quantitative estimate of drug-likeness (QED) is 0.840. The number of aryl methyl sites for hydroxylation is 1. The number of fused-ring (bicyclic) bond motifs is 1. The van der Waals surface area contributed by atoms with Gasteiger partial charge in [-0.2, -0.15) is 0 Å². The van der Waals surface area contributed by atoms with Crippen molar-refractivity contribution in [3.63, 3.8) is 0 Å². The number of hydrogen-bond donors (Lipinski definition) is 1. The summed E-state index contributed by atoms with van der Waals surface area (Å²) >= 11 is 3.52. The van der Waals surface area contributed by atoms with Gasteiger partial charge in [0.15, 0.2) is 0 Å². The van der Waals surface area contributed by atoms with Crippen LogP contribution < -0.4 is 5.32 Å². The lowest BCUT2D eigenvalue weighted by molar-refractivity contribution is 1.31. The Balaban J connectivity index is 2.70. The Morgan fingerprint density at radius 3 is 2.71 bits per heavy atom. The topological polar surface area (TPSA) is 24.9 Å². The molecule has 72 valence electrons. The molecule has 0 saturated heterocycles. The van der Waals surface area contributed by atoms with E-state index in [1.54, 1.807) is 0 Å². The van der Waals surface area contributed by atoms with Crippen molar-refractivity contribution in [1.29, 1.82) is 0 Å². The van der Waals surface area contributed by atoms with Crippen molar-refractivity contribution in [2.45, 2.75) is 6.92 Å². The van der Waals surface area contributed by atoms with Gasteiger partial charge in [0.1, 0.15) is 5.82 Å². The molecule has 0 unspecified atom stereocenters. The molecule has 0 saturated carbocycles. The Labute approximate surface area is 91.5 Å². The lowest BCUT2D eigenvalue weighted by atomic mass is 10.1. The summed E-state index contributed by atoms with van der Waals surface area (Å²) in [5.74, 6) is 0.897. The van der Waals surface area contributed by atoms with Crippen molar-refractivity contribution in [3.05, 3.63) is 34.4 Å². The molecule has 0 amide bonds. The van der Waals surface area contributed by atoms with Crippen molar-refractivity contribution in [2.75, 3.05) is 12.4 Å². The molecule has 14 heavy (non-hydrogen) atoms. The smallest absolute Gasteiger partial charge is 0.126 e. The third-order valence-electron chi connectivity index (χ3n) is 2.26. The normalized spacial score (nSPS) is 10.5. The van der Waals surface area contributed by atoms with Gasteiger partial charge in [0, 0.05) is 23.1 Å². The van der Waals surface area contributed by atoms with Crippen LogP contribution >= 0.6 is 15.9 Å². The molecule has 0 aliphatic carbocycles. The molecule has 3 heteroatoms. The van der Waals surface area contributed by atoms with E-state index in [2.05, 4.69) is 45.3 Å². The van der Waals surface area contributed by atoms with Gasteiger partial charge in [-0.05, 0) is 36.1 Å². The predicted molar refractivity (Wildman–Crippen MR) is 63.7 cm³/mol. The van der Waals surface area contributed by atoms with Gasteiger partial charge in [-0.1, -0.05) is 15.9 Å². The first-order chi connectivity index (χ1) is 6.70. The van der Waals surface area contributed by atoms with Crippen LogP contribution in [0.4, 0.5) is 5.82 Å². The molecular weight excluding hydrogens is 240 g/mol. The average molecular weight is 251 g/mol. The van der Waals surface area contributed by atoms with Gasteiger partial charge in [-0.3, -0.25) is 0 Å². The highest BCUT2D eigenvalue weighted by Crippen LogP contribution is 2.24. The summed E-state index contributed by atoms with van der Waals surface area (Å²) in [4.78, 5) is 4.27. The molecule has 0 aliphatic heterocycles. The van der Waals surface area contributed by atoms with Crippen molar-refractivity contribution in [3.8, 4) is 0 Å². The summed E-state index contributed by atoms with van der Waals surface area (Å²) in [5.41, 5.74) is 1.23. The van der Waals surface area contributed by atoms with Crippen LogP contribution in [-0.4, -0.2) is 12.0 Å². The minimum absolute atomic E-state index is 0.897. The fourth-order valence-electron chi connectivity index (χ4n) is 1.42. The fraction of sp³-hybridized carbons (Fsp3) is 0.182. The van der Waals surface area contributed by atoms with E-state index in [-0.39, 0.29) is 0 Å². The molecule has 0 aliphatic rings. The minimum Gasteiger partial charge on any atom is -0.373 e. The number of pyridine rings is 1. The van der Waals surface area contributed by atoms with Crippen LogP contribution in [0.1, 0.15) is 5.56 Å². The van der Waals surface area contributed by atoms with Crippen LogP contribution in [0.2, 0.25) is 0 Å². The summed E-state index contributed by atoms with van der Waals surface area (Å²) in [5, 5.41) is 5.39. The van der Waals surface area contributed by atoms with E-state index in [4.69, 9.17) is 0 Å². The van der Waals surface area contributed by atoms with Crippen LogP contribution in [0, 0.1) is 6.92 Å². The Morgan fingerprint density at radius 1 is 1.21 bits per heavy atom. The number of nitrogens with one attached hydrogen (secondary N) is 1. The van der Waals surface area contributed by atoms with Crippen LogP contribution in [-0.2, 0) is 0 Å². The van der Waals surface area contributed by atoms with E-state index in [1.807, 2.05) is 19.3 Å². The second kappa shape index (κ2) is 3.58. The summed E-state index contributed by atoms with van der Waals surface area (Å²) in [7, 11) is 1.87.